The van der Waals surface area contributed by atoms with E-state index in [-0.39, 0.29) is 23.6 Å². The minimum absolute atomic E-state index is 0.170. The molecule has 1 aromatic heterocycles. The van der Waals surface area contributed by atoms with Crippen LogP contribution in [0.2, 0.25) is 0 Å². The molecule has 1 N–H and O–H groups in total. The Morgan fingerprint density at radius 2 is 1.92 bits per heavy atom. The number of nitrogens with zero attached hydrogens (tertiary/aromatic N) is 1. The molecule has 3 aromatic rings. The number of esters is 1. The number of carbonyl (C=O) groups excluding carboxylic acids is 2. The molecule has 0 saturated heterocycles. The van der Waals surface area contributed by atoms with Crippen molar-refractivity contribution < 1.29 is 18.7 Å². The summed E-state index contributed by atoms with van der Waals surface area (Å²) in [6.45, 7) is 0.201. The number of hydrogen-bond acceptors (Lipinski definition) is 5. The van der Waals surface area contributed by atoms with Gasteiger partial charge in [-0.05, 0) is 23.8 Å². The van der Waals surface area contributed by atoms with Crippen molar-refractivity contribution in [1.82, 2.24) is 9.88 Å². The van der Waals surface area contributed by atoms with Crippen LogP contribution in [0.1, 0.15) is 15.9 Å². The first-order chi connectivity index (χ1) is 12.1. The van der Waals surface area contributed by atoms with Gasteiger partial charge in [-0.15, -0.1) is 0 Å². The first kappa shape index (κ1) is 16.5. The summed E-state index contributed by atoms with van der Waals surface area (Å²) in [5, 5.41) is 2.75. The minimum atomic E-state index is -0.660. The van der Waals surface area contributed by atoms with Gasteiger partial charge in [0.15, 0.2) is 5.58 Å². The largest absolute Gasteiger partial charge is 0.465 e. The van der Waals surface area contributed by atoms with Crippen LogP contribution in [0, 0.1) is 0 Å². The Morgan fingerprint density at radius 1 is 1.16 bits per heavy atom. The lowest BCUT2D eigenvalue weighted by atomic mass is 10.2. The predicted molar refractivity (Wildman–Crippen MR) is 90.1 cm³/mol. The first-order valence-corrected chi connectivity index (χ1v) is 7.61. The van der Waals surface area contributed by atoms with Gasteiger partial charge in [-0.25, -0.2) is 9.59 Å². The van der Waals surface area contributed by atoms with Crippen molar-refractivity contribution >= 4 is 23.0 Å². The molecule has 7 nitrogen and oxygen atoms in total. The molecule has 0 aliphatic carbocycles. The second-order valence-electron chi connectivity index (χ2n) is 5.39. The molecular formula is C18H16N2O5. The number of nitrogens with one attached hydrogen (secondary N) is 1. The second kappa shape index (κ2) is 7.04. The third kappa shape index (κ3) is 3.60. The zero-order chi connectivity index (χ0) is 17.8. The van der Waals surface area contributed by atoms with Gasteiger partial charge in [0.1, 0.15) is 6.54 Å². The Balaban J connectivity index is 1.76. The van der Waals surface area contributed by atoms with Crippen molar-refractivity contribution in [2.24, 2.45) is 0 Å². The highest BCUT2D eigenvalue weighted by Gasteiger charge is 2.15. The topological polar surface area (TPSA) is 90.5 Å². The van der Waals surface area contributed by atoms with E-state index >= 15 is 0 Å². The van der Waals surface area contributed by atoms with E-state index in [1.807, 2.05) is 30.3 Å². The number of rotatable bonds is 5. The molecule has 0 bridgehead atoms. The Labute approximate surface area is 142 Å². The van der Waals surface area contributed by atoms with Gasteiger partial charge in [-0.1, -0.05) is 30.3 Å². The molecule has 0 radical (unpaired) electrons. The molecule has 128 valence electrons. The van der Waals surface area contributed by atoms with Gasteiger partial charge in [-0.3, -0.25) is 9.36 Å². The fourth-order valence-corrected chi connectivity index (χ4v) is 2.46. The maximum atomic E-state index is 12.1. The van der Waals surface area contributed by atoms with Crippen LogP contribution in [0.15, 0.2) is 57.7 Å². The molecule has 0 fully saturated rings. The molecule has 0 unspecified atom stereocenters. The maximum absolute atomic E-state index is 12.1. The van der Waals surface area contributed by atoms with Gasteiger partial charge in [-0.2, -0.15) is 0 Å². The predicted octanol–water partition coefficient (Wildman–Crippen LogP) is 1.70. The van der Waals surface area contributed by atoms with Crippen LogP contribution in [0.4, 0.5) is 0 Å². The minimum Gasteiger partial charge on any atom is -0.465 e. The Hall–Kier alpha value is -3.35. The van der Waals surface area contributed by atoms with Crippen LogP contribution in [-0.2, 0) is 22.6 Å². The number of fused-ring (bicyclic) bond motifs is 1. The molecule has 0 spiro atoms. The first-order valence-electron chi connectivity index (χ1n) is 7.61. The maximum Gasteiger partial charge on any atom is 0.420 e. The highest BCUT2D eigenvalue weighted by atomic mass is 16.5. The fourth-order valence-electron chi connectivity index (χ4n) is 2.46. The lowest BCUT2D eigenvalue weighted by molar-refractivity contribution is -0.121. The van der Waals surface area contributed by atoms with Crippen molar-refractivity contribution in [3.8, 4) is 0 Å². The summed E-state index contributed by atoms with van der Waals surface area (Å²) in [5.74, 6) is -1.50. The quantitative estimate of drug-likeness (QED) is 0.714. The summed E-state index contributed by atoms with van der Waals surface area (Å²) in [5.41, 5.74) is 1.89. The number of ether oxygens (including phenoxy) is 1. The smallest absolute Gasteiger partial charge is 0.420 e. The number of aromatic nitrogens is 1. The summed E-state index contributed by atoms with van der Waals surface area (Å²) in [7, 11) is 1.27. The summed E-state index contributed by atoms with van der Waals surface area (Å²) in [6.07, 6.45) is 0. The van der Waals surface area contributed by atoms with Gasteiger partial charge in [0.25, 0.3) is 0 Å². The van der Waals surface area contributed by atoms with Crippen molar-refractivity contribution in [3.05, 3.63) is 70.2 Å². The van der Waals surface area contributed by atoms with Crippen molar-refractivity contribution in [2.45, 2.75) is 13.1 Å². The molecule has 7 heteroatoms. The Kier molecular flexibility index (Phi) is 4.65. The van der Waals surface area contributed by atoms with E-state index in [0.717, 1.165) is 5.56 Å². The number of amides is 1. The number of benzene rings is 2. The van der Waals surface area contributed by atoms with Crippen LogP contribution in [0.3, 0.4) is 0 Å². The normalized spacial score (nSPS) is 10.6. The van der Waals surface area contributed by atoms with Gasteiger partial charge in [0, 0.05) is 6.54 Å². The monoisotopic (exact) mass is 340 g/mol. The number of oxazole rings is 1. The van der Waals surface area contributed by atoms with Gasteiger partial charge < -0.3 is 14.5 Å². The summed E-state index contributed by atoms with van der Waals surface area (Å²) >= 11 is 0. The van der Waals surface area contributed by atoms with E-state index in [1.54, 1.807) is 6.07 Å². The molecule has 1 heterocycles. The Morgan fingerprint density at radius 3 is 2.64 bits per heavy atom. The molecule has 1 amide bonds. The highest BCUT2D eigenvalue weighted by molar-refractivity contribution is 5.93. The number of hydrogen-bond donors (Lipinski definition) is 1. The van der Waals surface area contributed by atoms with Crippen LogP contribution in [0.25, 0.3) is 11.1 Å². The van der Waals surface area contributed by atoms with Gasteiger partial charge in [0.05, 0.1) is 18.2 Å². The van der Waals surface area contributed by atoms with Crippen LogP contribution < -0.4 is 11.1 Å². The number of methoxy groups -OCH3 is 1. The highest BCUT2D eigenvalue weighted by Crippen LogP contribution is 2.15. The molecule has 0 saturated carbocycles. The van der Waals surface area contributed by atoms with E-state index in [2.05, 4.69) is 10.1 Å². The van der Waals surface area contributed by atoms with E-state index in [1.165, 1.54) is 23.8 Å². The van der Waals surface area contributed by atoms with E-state index < -0.39 is 11.7 Å². The standard InChI is InChI=1S/C18H16N2O5/c1-24-17(22)13-7-8-14-15(9-13)25-18(23)20(14)11-16(21)19-10-12-5-3-2-4-6-12/h2-9H,10-11H2,1H3,(H,19,21). The molecule has 3 rings (SSSR count). The van der Waals surface area contributed by atoms with E-state index in [9.17, 15) is 14.4 Å². The zero-order valence-corrected chi connectivity index (χ0v) is 13.5. The van der Waals surface area contributed by atoms with Crippen LogP contribution in [0.5, 0.6) is 0 Å². The third-order valence-electron chi connectivity index (χ3n) is 3.72. The SMILES string of the molecule is COC(=O)c1ccc2c(c1)oc(=O)n2CC(=O)NCc1ccccc1. The summed E-state index contributed by atoms with van der Waals surface area (Å²) < 4.78 is 11.0. The fraction of sp³-hybridized carbons (Fsp3) is 0.167. The third-order valence-corrected chi connectivity index (χ3v) is 3.72. The molecule has 0 atom stereocenters. The van der Waals surface area contributed by atoms with Crippen LogP contribution in [-0.4, -0.2) is 23.6 Å². The van der Waals surface area contributed by atoms with E-state index in [0.29, 0.717) is 12.1 Å². The second-order valence-corrected chi connectivity index (χ2v) is 5.39. The summed E-state index contributed by atoms with van der Waals surface area (Å²) in [4.78, 5) is 35.6. The number of carbonyl (C=O) groups is 2. The molecular weight excluding hydrogens is 324 g/mol. The van der Waals surface area contributed by atoms with Gasteiger partial charge in [0.2, 0.25) is 5.91 Å². The molecule has 0 aliphatic heterocycles. The average molecular weight is 340 g/mol. The Bertz CT molecular complexity index is 972. The summed E-state index contributed by atoms with van der Waals surface area (Å²) in [6, 6.07) is 13.9. The molecule has 0 aliphatic rings. The van der Waals surface area contributed by atoms with Crippen molar-refractivity contribution in [3.63, 3.8) is 0 Å². The lowest BCUT2D eigenvalue weighted by Crippen LogP contribution is -2.30. The lowest BCUT2D eigenvalue weighted by Gasteiger charge is -2.06. The zero-order valence-electron chi connectivity index (χ0n) is 13.5. The molecule has 25 heavy (non-hydrogen) atoms. The molecule has 2 aromatic carbocycles. The van der Waals surface area contributed by atoms with Crippen LogP contribution >= 0.6 is 0 Å². The van der Waals surface area contributed by atoms with Gasteiger partial charge >= 0.3 is 11.7 Å². The van der Waals surface area contributed by atoms with Crippen molar-refractivity contribution in [2.75, 3.05) is 7.11 Å². The average Bonchev–Trinajstić information content (AvgIpc) is 2.94. The van der Waals surface area contributed by atoms with E-state index in [4.69, 9.17) is 4.42 Å². The van der Waals surface area contributed by atoms with Crippen molar-refractivity contribution in [1.29, 1.82) is 0 Å².